The second-order valence-electron chi connectivity index (χ2n) is 4.12. The van der Waals surface area contributed by atoms with Gasteiger partial charge in [-0.05, 0) is 36.5 Å². The molecule has 1 rings (SSSR count). The van der Waals surface area contributed by atoms with Gasteiger partial charge in [-0.15, -0.1) is 0 Å². The molecule has 1 aromatic carbocycles. The topological polar surface area (TPSA) is 55.5 Å². The third-order valence-electron chi connectivity index (χ3n) is 2.97. The van der Waals surface area contributed by atoms with E-state index in [9.17, 15) is 5.11 Å². The Bertz CT molecular complexity index is 357. The third-order valence-corrected chi connectivity index (χ3v) is 3.26. The number of aliphatic hydroxyl groups excluding tert-OH is 1. The maximum Gasteiger partial charge on any atom is 0.137 e. The molecule has 0 aromatic heterocycles. The number of halogens is 1. The van der Waals surface area contributed by atoms with Gasteiger partial charge in [0.25, 0.3) is 0 Å². The molecule has 96 valence electrons. The van der Waals surface area contributed by atoms with Crippen molar-refractivity contribution in [3.63, 3.8) is 0 Å². The Kier molecular flexibility index (Phi) is 5.75. The average Bonchev–Trinajstić information content (AvgIpc) is 2.35. The smallest absolute Gasteiger partial charge is 0.137 e. The Labute approximate surface area is 108 Å². The van der Waals surface area contributed by atoms with Gasteiger partial charge < -0.3 is 15.6 Å². The Balaban J connectivity index is 2.85. The number of hydrogen-bond acceptors (Lipinski definition) is 3. The summed E-state index contributed by atoms with van der Waals surface area (Å²) in [5, 5.41) is 10.2. The summed E-state index contributed by atoms with van der Waals surface area (Å²) in [6.07, 6.45) is 1.15. The highest BCUT2D eigenvalue weighted by Crippen LogP contribution is 2.31. The van der Waals surface area contributed by atoms with Crippen LogP contribution in [0.15, 0.2) is 18.2 Å². The van der Waals surface area contributed by atoms with Crippen molar-refractivity contribution in [1.29, 1.82) is 0 Å². The Morgan fingerprint density at radius 3 is 2.65 bits per heavy atom. The zero-order valence-electron chi connectivity index (χ0n) is 10.3. The van der Waals surface area contributed by atoms with E-state index in [0.29, 0.717) is 23.7 Å². The Morgan fingerprint density at radius 1 is 1.47 bits per heavy atom. The monoisotopic (exact) mass is 257 g/mol. The molecule has 0 spiro atoms. The highest BCUT2D eigenvalue weighted by atomic mass is 35.5. The first-order chi connectivity index (χ1) is 8.12. The SMILES string of the molecule is CCC(CC(O)CN)c1ccc(OC)c(Cl)c1. The van der Waals surface area contributed by atoms with E-state index < -0.39 is 6.10 Å². The lowest BCUT2D eigenvalue weighted by Gasteiger charge is -2.19. The van der Waals surface area contributed by atoms with Crippen LogP contribution >= 0.6 is 11.6 Å². The molecule has 0 saturated carbocycles. The summed E-state index contributed by atoms with van der Waals surface area (Å²) in [4.78, 5) is 0. The quantitative estimate of drug-likeness (QED) is 0.824. The fraction of sp³-hybridized carbons (Fsp3) is 0.538. The summed E-state index contributed by atoms with van der Waals surface area (Å²) in [6, 6.07) is 5.75. The van der Waals surface area contributed by atoms with Crippen molar-refractivity contribution in [2.45, 2.75) is 31.8 Å². The number of benzene rings is 1. The molecule has 2 unspecified atom stereocenters. The van der Waals surface area contributed by atoms with Gasteiger partial charge in [-0.2, -0.15) is 0 Å². The lowest BCUT2D eigenvalue weighted by Crippen LogP contribution is -2.22. The van der Waals surface area contributed by atoms with Crippen molar-refractivity contribution < 1.29 is 9.84 Å². The first kappa shape index (κ1) is 14.3. The summed E-state index contributed by atoms with van der Waals surface area (Å²) < 4.78 is 5.11. The lowest BCUT2D eigenvalue weighted by molar-refractivity contribution is 0.162. The molecule has 3 nitrogen and oxygen atoms in total. The molecular weight excluding hydrogens is 238 g/mol. The second kappa shape index (κ2) is 6.84. The van der Waals surface area contributed by atoms with E-state index >= 15 is 0 Å². The summed E-state index contributed by atoms with van der Waals surface area (Å²) in [7, 11) is 1.59. The minimum atomic E-state index is -0.458. The molecule has 0 aliphatic carbocycles. The lowest BCUT2D eigenvalue weighted by atomic mass is 9.91. The van der Waals surface area contributed by atoms with Gasteiger partial charge in [-0.25, -0.2) is 0 Å². The Morgan fingerprint density at radius 2 is 2.18 bits per heavy atom. The number of hydrogen-bond donors (Lipinski definition) is 2. The second-order valence-corrected chi connectivity index (χ2v) is 4.53. The summed E-state index contributed by atoms with van der Waals surface area (Å²) in [5.41, 5.74) is 6.55. The molecular formula is C13H20ClNO2. The molecule has 0 aliphatic rings. The van der Waals surface area contributed by atoms with Gasteiger partial charge in [0.15, 0.2) is 0 Å². The number of rotatable bonds is 6. The van der Waals surface area contributed by atoms with E-state index in [2.05, 4.69) is 6.92 Å². The molecule has 17 heavy (non-hydrogen) atoms. The van der Waals surface area contributed by atoms with Crippen LogP contribution in [0.3, 0.4) is 0 Å². The van der Waals surface area contributed by atoms with Crippen LogP contribution in [-0.4, -0.2) is 24.9 Å². The molecule has 1 aromatic rings. The fourth-order valence-corrected chi connectivity index (χ4v) is 2.17. The van der Waals surface area contributed by atoms with Crippen LogP contribution in [0.1, 0.15) is 31.2 Å². The maximum atomic E-state index is 9.61. The Hall–Kier alpha value is -0.770. The summed E-state index contributed by atoms with van der Waals surface area (Å²) in [6.45, 7) is 2.38. The van der Waals surface area contributed by atoms with Crippen LogP contribution in [-0.2, 0) is 0 Å². The molecule has 0 bridgehead atoms. The van der Waals surface area contributed by atoms with Crippen molar-refractivity contribution in [3.8, 4) is 5.75 Å². The van der Waals surface area contributed by atoms with E-state index in [-0.39, 0.29) is 5.92 Å². The van der Waals surface area contributed by atoms with E-state index in [1.54, 1.807) is 7.11 Å². The number of methoxy groups -OCH3 is 1. The molecule has 4 heteroatoms. The molecule has 0 fully saturated rings. The maximum absolute atomic E-state index is 9.61. The number of nitrogens with two attached hydrogens (primary N) is 1. The standard InChI is InChI=1S/C13H20ClNO2/c1-3-9(6-11(16)8-15)10-4-5-13(17-2)12(14)7-10/h4-5,7,9,11,16H,3,6,8,15H2,1-2H3. The van der Waals surface area contributed by atoms with E-state index in [0.717, 1.165) is 12.0 Å². The molecule has 0 heterocycles. The molecule has 0 aliphatic heterocycles. The average molecular weight is 258 g/mol. The first-order valence-electron chi connectivity index (χ1n) is 5.83. The van der Waals surface area contributed by atoms with Gasteiger partial charge in [0.05, 0.1) is 18.2 Å². The van der Waals surface area contributed by atoms with E-state index in [1.807, 2.05) is 18.2 Å². The van der Waals surface area contributed by atoms with Gasteiger partial charge in [0.1, 0.15) is 5.75 Å². The van der Waals surface area contributed by atoms with Gasteiger partial charge in [0.2, 0.25) is 0 Å². The third kappa shape index (κ3) is 3.87. The van der Waals surface area contributed by atoms with Crippen molar-refractivity contribution in [1.82, 2.24) is 0 Å². The number of aliphatic hydroxyl groups is 1. The van der Waals surface area contributed by atoms with Crippen molar-refractivity contribution in [2.24, 2.45) is 5.73 Å². The summed E-state index contributed by atoms with van der Waals surface area (Å²) in [5.74, 6) is 0.946. The van der Waals surface area contributed by atoms with Gasteiger partial charge >= 0.3 is 0 Å². The van der Waals surface area contributed by atoms with Crippen LogP contribution in [0.25, 0.3) is 0 Å². The van der Waals surface area contributed by atoms with E-state index in [1.165, 1.54) is 0 Å². The fourth-order valence-electron chi connectivity index (χ4n) is 1.90. The molecule has 0 amide bonds. The van der Waals surface area contributed by atoms with Crippen molar-refractivity contribution in [3.05, 3.63) is 28.8 Å². The minimum absolute atomic E-state index is 0.275. The van der Waals surface area contributed by atoms with Crippen LogP contribution in [0.4, 0.5) is 0 Å². The van der Waals surface area contributed by atoms with Crippen LogP contribution in [0.2, 0.25) is 5.02 Å². The zero-order chi connectivity index (χ0) is 12.8. The minimum Gasteiger partial charge on any atom is -0.495 e. The molecule has 0 radical (unpaired) electrons. The van der Waals surface area contributed by atoms with Crippen LogP contribution < -0.4 is 10.5 Å². The van der Waals surface area contributed by atoms with Gasteiger partial charge in [-0.3, -0.25) is 0 Å². The summed E-state index contributed by atoms with van der Waals surface area (Å²) >= 11 is 6.09. The largest absolute Gasteiger partial charge is 0.495 e. The molecule has 3 N–H and O–H groups in total. The molecule has 2 atom stereocenters. The first-order valence-corrected chi connectivity index (χ1v) is 6.21. The number of ether oxygens (including phenoxy) is 1. The van der Waals surface area contributed by atoms with Gasteiger partial charge in [0, 0.05) is 6.54 Å². The highest BCUT2D eigenvalue weighted by Gasteiger charge is 2.15. The van der Waals surface area contributed by atoms with Crippen LogP contribution in [0, 0.1) is 0 Å². The highest BCUT2D eigenvalue weighted by molar-refractivity contribution is 6.32. The zero-order valence-corrected chi connectivity index (χ0v) is 11.1. The predicted molar refractivity (Wildman–Crippen MR) is 70.7 cm³/mol. The van der Waals surface area contributed by atoms with Gasteiger partial charge in [-0.1, -0.05) is 24.6 Å². The predicted octanol–water partition coefficient (Wildman–Crippen LogP) is 2.55. The molecule has 0 saturated heterocycles. The van der Waals surface area contributed by atoms with Crippen molar-refractivity contribution in [2.75, 3.05) is 13.7 Å². The van der Waals surface area contributed by atoms with Crippen molar-refractivity contribution >= 4 is 11.6 Å². The van der Waals surface area contributed by atoms with E-state index in [4.69, 9.17) is 22.1 Å². The van der Waals surface area contributed by atoms with Crippen LogP contribution in [0.5, 0.6) is 5.75 Å². The normalized spacial score (nSPS) is 14.4.